The highest BCUT2D eigenvalue weighted by molar-refractivity contribution is 6.00. The van der Waals surface area contributed by atoms with E-state index in [1.54, 1.807) is 30.3 Å². The third-order valence-corrected chi connectivity index (χ3v) is 9.09. The van der Waals surface area contributed by atoms with E-state index in [2.05, 4.69) is 21.8 Å². The fourth-order valence-corrected chi connectivity index (χ4v) is 6.47. The second-order valence-electron chi connectivity index (χ2n) is 14.3. The van der Waals surface area contributed by atoms with Gasteiger partial charge in [-0.05, 0) is 80.1 Å². The lowest BCUT2D eigenvalue weighted by Gasteiger charge is -2.29. The Morgan fingerprint density at radius 1 is 0.907 bits per heavy atom. The molecule has 14 heteroatoms. The van der Waals surface area contributed by atoms with Gasteiger partial charge in [0.2, 0.25) is 0 Å². The van der Waals surface area contributed by atoms with Gasteiger partial charge in [-0.3, -0.25) is 19.1 Å². The van der Waals surface area contributed by atoms with Gasteiger partial charge in [0.15, 0.2) is 6.54 Å². The summed E-state index contributed by atoms with van der Waals surface area (Å²) < 4.78 is 45.4. The van der Waals surface area contributed by atoms with Gasteiger partial charge in [0.25, 0.3) is 17.4 Å². The van der Waals surface area contributed by atoms with Crippen molar-refractivity contribution in [2.75, 3.05) is 34.2 Å². The second-order valence-corrected chi connectivity index (χ2v) is 14.3. The number of hydrogen-bond donors (Lipinski definition) is 2. The smallest absolute Gasteiger partial charge is 0.351 e. The minimum absolute atomic E-state index is 0.0215. The number of halogens is 3. The summed E-state index contributed by atoms with van der Waals surface area (Å²) in [6.45, 7) is 0.913. The molecule has 5 aromatic rings. The summed E-state index contributed by atoms with van der Waals surface area (Å²) in [4.78, 5) is 40.3. The molecule has 2 heterocycles. The molecule has 3 aromatic carbocycles. The molecule has 6 rings (SSSR count). The van der Waals surface area contributed by atoms with Crippen LogP contribution in [0.5, 0.6) is 0 Å². The number of amides is 2. The van der Waals surface area contributed by atoms with Crippen LogP contribution in [0, 0.1) is 17.2 Å². The molecule has 1 aliphatic rings. The molecular weight excluding hydrogens is 697 g/mol. The molecule has 0 bridgehead atoms. The van der Waals surface area contributed by atoms with Crippen LogP contribution in [0.1, 0.15) is 47.2 Å². The van der Waals surface area contributed by atoms with E-state index < -0.39 is 23.2 Å². The SMILES string of the molecule is Cn1c(-c2ccnn2-c2ccc(C#N)cc2)c(C(=O)N[C@H]2CC[C@H](CNC(=O)C[N+](C)(C)C)CC2)c(=O)n1-c1cccc(C(F)(F)F)c1.c1ccccc1. The Hall–Kier alpha value is -5.94. The lowest BCUT2D eigenvalue weighted by atomic mass is 9.86. The van der Waals surface area contributed by atoms with Crippen molar-refractivity contribution in [2.24, 2.45) is 13.0 Å². The van der Waals surface area contributed by atoms with Crippen LogP contribution in [0.25, 0.3) is 22.8 Å². The zero-order valence-electron chi connectivity index (χ0n) is 30.7. The van der Waals surface area contributed by atoms with E-state index in [4.69, 9.17) is 0 Å². The van der Waals surface area contributed by atoms with Crippen LogP contribution in [-0.4, -0.2) is 75.7 Å². The van der Waals surface area contributed by atoms with Crippen molar-refractivity contribution < 1.29 is 27.2 Å². The number of quaternary nitrogens is 1. The largest absolute Gasteiger partial charge is 0.416 e. The molecule has 1 saturated carbocycles. The quantitative estimate of drug-likeness (QED) is 0.187. The first-order chi connectivity index (χ1) is 25.7. The van der Waals surface area contributed by atoms with Crippen LogP contribution in [0.3, 0.4) is 0 Å². The Kier molecular flexibility index (Phi) is 12.2. The van der Waals surface area contributed by atoms with E-state index >= 15 is 0 Å². The Morgan fingerprint density at radius 2 is 1.54 bits per heavy atom. The minimum Gasteiger partial charge on any atom is -0.351 e. The van der Waals surface area contributed by atoms with Crippen molar-refractivity contribution in [3.05, 3.63) is 124 Å². The van der Waals surface area contributed by atoms with Crippen LogP contribution in [-0.2, 0) is 18.0 Å². The Balaban J connectivity index is 0.000000850. The van der Waals surface area contributed by atoms with Crippen molar-refractivity contribution in [3.63, 3.8) is 0 Å². The summed E-state index contributed by atoms with van der Waals surface area (Å²) in [6.07, 6.45) is -0.366. The molecule has 2 aromatic heterocycles. The van der Waals surface area contributed by atoms with Crippen LogP contribution in [0.15, 0.2) is 102 Å². The first-order valence-electron chi connectivity index (χ1n) is 17.6. The highest BCUT2D eigenvalue weighted by atomic mass is 19.4. The molecule has 0 spiro atoms. The Labute approximate surface area is 311 Å². The molecular formula is C40H44F3N8O3+. The highest BCUT2D eigenvalue weighted by Crippen LogP contribution is 2.32. The molecule has 282 valence electrons. The maximum absolute atomic E-state index is 14.1. The molecule has 54 heavy (non-hydrogen) atoms. The monoisotopic (exact) mass is 741 g/mol. The van der Waals surface area contributed by atoms with Crippen molar-refractivity contribution in [1.82, 2.24) is 29.8 Å². The van der Waals surface area contributed by atoms with E-state index in [1.165, 1.54) is 34.7 Å². The summed E-state index contributed by atoms with van der Waals surface area (Å²) in [5.74, 6) is -0.419. The first kappa shape index (κ1) is 39.3. The summed E-state index contributed by atoms with van der Waals surface area (Å²) in [5.41, 5.74) is -0.536. The standard InChI is InChI=1S/C34H37F3N8O3.C6H6/c1-42-31(28-16-17-40-43(28)26-14-10-22(19-38)11-15-26)30(33(48)44(42)27-7-5-6-24(18-27)34(35,36)37)32(47)41-25-12-8-23(9-13-25)20-39-29(46)21-45(2,3)4;1-2-4-6-5-3-1/h5-7,10-11,14-18,23,25H,8-9,12-13,20-21H2,1-4H3,(H-,39,41,46,47);1-6H/p+1/t23-,25-;. The van der Waals surface area contributed by atoms with Gasteiger partial charge < -0.3 is 15.1 Å². The van der Waals surface area contributed by atoms with E-state index in [0.29, 0.717) is 47.4 Å². The van der Waals surface area contributed by atoms with Crippen molar-refractivity contribution in [2.45, 2.75) is 37.9 Å². The predicted molar refractivity (Wildman–Crippen MR) is 199 cm³/mol. The van der Waals surface area contributed by atoms with Gasteiger partial charge in [-0.15, -0.1) is 0 Å². The number of rotatable bonds is 9. The lowest BCUT2D eigenvalue weighted by molar-refractivity contribution is -0.862. The third-order valence-electron chi connectivity index (χ3n) is 9.09. The lowest BCUT2D eigenvalue weighted by Crippen LogP contribution is -2.46. The number of carbonyl (C=O) groups excluding carboxylic acids is 2. The van der Waals surface area contributed by atoms with Gasteiger partial charge in [0, 0.05) is 19.6 Å². The van der Waals surface area contributed by atoms with Gasteiger partial charge in [0.05, 0.1) is 61.6 Å². The Bertz CT molecular complexity index is 2120. The number of alkyl halides is 3. The molecule has 2 N–H and O–H groups in total. The summed E-state index contributed by atoms with van der Waals surface area (Å²) >= 11 is 0. The highest BCUT2D eigenvalue weighted by Gasteiger charge is 2.33. The third kappa shape index (κ3) is 9.73. The van der Waals surface area contributed by atoms with Crippen LogP contribution >= 0.6 is 0 Å². The number of likely N-dealkylation sites (N-methyl/N-ethyl adjacent to an activating group) is 1. The molecule has 11 nitrogen and oxygen atoms in total. The van der Waals surface area contributed by atoms with Gasteiger partial charge in [-0.2, -0.15) is 23.5 Å². The number of nitrogens with zero attached hydrogens (tertiary/aromatic N) is 6. The normalized spacial score (nSPS) is 15.7. The average Bonchev–Trinajstić information content (AvgIpc) is 3.72. The van der Waals surface area contributed by atoms with Crippen LogP contribution in [0.4, 0.5) is 13.2 Å². The molecule has 0 unspecified atom stereocenters. The van der Waals surface area contributed by atoms with Gasteiger partial charge in [-0.1, -0.05) is 42.5 Å². The van der Waals surface area contributed by atoms with E-state index in [-0.39, 0.29) is 34.8 Å². The fraction of sp³-hybridized carbons (Fsp3) is 0.325. The number of nitrogens with one attached hydrogen (secondary N) is 2. The molecule has 1 fully saturated rings. The summed E-state index contributed by atoms with van der Waals surface area (Å²) in [7, 11) is 7.34. The van der Waals surface area contributed by atoms with Gasteiger partial charge >= 0.3 is 6.18 Å². The topological polar surface area (TPSA) is 127 Å². The average molecular weight is 742 g/mol. The molecule has 0 atom stereocenters. The summed E-state index contributed by atoms with van der Waals surface area (Å²) in [6, 6.07) is 26.3. The number of nitriles is 1. The fourth-order valence-electron chi connectivity index (χ4n) is 6.47. The van der Waals surface area contributed by atoms with E-state index in [0.717, 1.165) is 29.7 Å². The number of hydrogen-bond acceptors (Lipinski definition) is 5. The van der Waals surface area contributed by atoms with Crippen molar-refractivity contribution >= 4 is 11.8 Å². The predicted octanol–water partition coefficient (Wildman–Crippen LogP) is 5.72. The van der Waals surface area contributed by atoms with Crippen LogP contribution < -0.4 is 16.2 Å². The Morgan fingerprint density at radius 3 is 2.11 bits per heavy atom. The molecule has 0 radical (unpaired) electrons. The maximum Gasteiger partial charge on any atom is 0.416 e. The molecule has 0 aliphatic heterocycles. The second kappa shape index (κ2) is 16.8. The number of aromatic nitrogens is 4. The van der Waals surface area contributed by atoms with E-state index in [1.807, 2.05) is 57.5 Å². The molecule has 1 aliphatic carbocycles. The van der Waals surface area contributed by atoms with Gasteiger partial charge in [0.1, 0.15) is 11.3 Å². The van der Waals surface area contributed by atoms with Crippen molar-refractivity contribution in [3.8, 4) is 28.8 Å². The minimum atomic E-state index is -4.64. The van der Waals surface area contributed by atoms with Crippen molar-refractivity contribution in [1.29, 1.82) is 5.26 Å². The zero-order valence-corrected chi connectivity index (χ0v) is 30.7. The summed E-state index contributed by atoms with van der Waals surface area (Å²) in [5, 5.41) is 19.6. The molecule has 2 amide bonds. The first-order valence-corrected chi connectivity index (χ1v) is 17.6. The maximum atomic E-state index is 14.1. The molecule has 0 saturated heterocycles. The van der Waals surface area contributed by atoms with E-state index in [9.17, 15) is 32.8 Å². The van der Waals surface area contributed by atoms with Gasteiger partial charge in [-0.25, -0.2) is 9.36 Å². The number of benzene rings is 3. The number of carbonyl (C=O) groups is 2. The zero-order chi connectivity index (χ0) is 39.0. The van der Waals surface area contributed by atoms with Crippen LogP contribution in [0.2, 0.25) is 0 Å².